The van der Waals surface area contributed by atoms with Crippen LogP contribution < -0.4 is 10.7 Å². The Kier molecular flexibility index (Phi) is 6.16. The van der Waals surface area contributed by atoms with E-state index in [1.807, 2.05) is 0 Å². The first kappa shape index (κ1) is 22.4. The second-order valence-electron chi connectivity index (χ2n) is 7.41. The molecule has 0 saturated carbocycles. The lowest BCUT2D eigenvalue weighted by Gasteiger charge is -2.18. The van der Waals surface area contributed by atoms with Crippen molar-refractivity contribution in [3.05, 3.63) is 86.4 Å². The summed E-state index contributed by atoms with van der Waals surface area (Å²) < 4.78 is 5.81. The van der Waals surface area contributed by atoms with Crippen molar-refractivity contribution >= 4 is 22.8 Å². The van der Waals surface area contributed by atoms with Crippen molar-refractivity contribution in [1.29, 1.82) is 0 Å². The molecule has 2 aromatic rings. The Morgan fingerprint density at radius 2 is 1.91 bits per heavy atom. The SMILES string of the molecule is [N-]=[N+]=NCCCNC(=O)c1cccc(-c2c3ccc(=O)cc-3oc3cc(O)ccc23)c1C(=O)O. The number of rotatable bonds is 7. The van der Waals surface area contributed by atoms with Gasteiger partial charge in [0.1, 0.15) is 17.1 Å². The first-order valence-corrected chi connectivity index (χ1v) is 10.3. The molecular weight excluding hydrogens is 440 g/mol. The molecule has 0 fully saturated rings. The van der Waals surface area contributed by atoms with Gasteiger partial charge >= 0.3 is 5.97 Å². The molecule has 1 aliphatic heterocycles. The number of carboxylic acids is 1. The third kappa shape index (κ3) is 4.25. The molecule has 0 bridgehead atoms. The molecule has 1 heterocycles. The van der Waals surface area contributed by atoms with Crippen LogP contribution in [0.3, 0.4) is 0 Å². The summed E-state index contributed by atoms with van der Waals surface area (Å²) in [6, 6.07) is 13.1. The highest BCUT2D eigenvalue weighted by Gasteiger charge is 2.25. The Hall–Kier alpha value is -4.82. The molecule has 1 aliphatic carbocycles. The minimum absolute atomic E-state index is 0.0462. The zero-order valence-electron chi connectivity index (χ0n) is 17.7. The number of aromatic carboxylic acids is 1. The molecule has 10 nitrogen and oxygen atoms in total. The fourth-order valence-electron chi connectivity index (χ4n) is 3.82. The first-order chi connectivity index (χ1) is 16.4. The summed E-state index contributed by atoms with van der Waals surface area (Å²) in [7, 11) is 0. The molecule has 34 heavy (non-hydrogen) atoms. The van der Waals surface area contributed by atoms with Gasteiger partial charge in [-0.1, -0.05) is 17.2 Å². The second-order valence-corrected chi connectivity index (χ2v) is 7.41. The third-order valence-electron chi connectivity index (χ3n) is 5.25. The standard InChI is InChI=1S/C24H18N4O6/c25-28-27-10-2-9-26-23(31)18-4-1-3-17(22(18)24(32)33)21-15-7-5-13(29)11-19(15)34-20-12-14(30)6-8-16(20)21/h1,3-8,11-12,29H,2,9-10H2,(H,26,31)(H,32,33). The molecule has 3 N–H and O–H groups in total. The molecule has 0 unspecified atom stereocenters. The van der Waals surface area contributed by atoms with Crippen LogP contribution in [0, 0.1) is 0 Å². The number of carbonyl (C=O) groups is 2. The Morgan fingerprint density at radius 3 is 2.68 bits per heavy atom. The van der Waals surface area contributed by atoms with E-state index in [-0.39, 0.29) is 52.3 Å². The number of aromatic hydroxyl groups is 1. The summed E-state index contributed by atoms with van der Waals surface area (Å²) in [4.78, 5) is 39.8. The predicted octanol–water partition coefficient (Wildman–Crippen LogP) is 4.40. The van der Waals surface area contributed by atoms with Crippen molar-refractivity contribution in [2.75, 3.05) is 13.1 Å². The zero-order chi connectivity index (χ0) is 24.2. The average Bonchev–Trinajstić information content (AvgIpc) is 2.81. The highest BCUT2D eigenvalue weighted by molar-refractivity contribution is 6.13. The van der Waals surface area contributed by atoms with Gasteiger partial charge in [0.25, 0.3) is 5.91 Å². The maximum atomic E-state index is 12.8. The highest BCUT2D eigenvalue weighted by Crippen LogP contribution is 2.42. The lowest BCUT2D eigenvalue weighted by molar-refractivity contribution is 0.0692. The van der Waals surface area contributed by atoms with Crippen LogP contribution >= 0.6 is 0 Å². The molecule has 0 spiro atoms. The molecule has 10 heteroatoms. The van der Waals surface area contributed by atoms with Crippen molar-refractivity contribution in [1.82, 2.24) is 5.32 Å². The van der Waals surface area contributed by atoms with Crippen LogP contribution in [0.2, 0.25) is 0 Å². The number of hydrogen-bond acceptors (Lipinski definition) is 6. The van der Waals surface area contributed by atoms with Crippen LogP contribution in [-0.2, 0) is 0 Å². The minimum atomic E-state index is -1.31. The monoisotopic (exact) mass is 458 g/mol. The topological polar surface area (TPSA) is 166 Å². The fraction of sp³-hybridized carbons (Fsp3) is 0.125. The van der Waals surface area contributed by atoms with Gasteiger partial charge in [0.05, 0.1) is 11.1 Å². The van der Waals surface area contributed by atoms with E-state index in [0.717, 1.165) is 0 Å². The Balaban J connectivity index is 1.92. The van der Waals surface area contributed by atoms with Crippen LogP contribution in [0.4, 0.5) is 0 Å². The molecule has 0 saturated heterocycles. The summed E-state index contributed by atoms with van der Waals surface area (Å²) in [6.45, 7) is 0.394. The number of carboxylic acid groups (broad SMARTS) is 1. The van der Waals surface area contributed by atoms with E-state index in [1.165, 1.54) is 36.4 Å². The van der Waals surface area contributed by atoms with Crippen molar-refractivity contribution in [2.45, 2.75) is 6.42 Å². The number of nitrogens with one attached hydrogen (secondary N) is 1. The molecule has 170 valence electrons. The van der Waals surface area contributed by atoms with Crippen LogP contribution in [0.25, 0.3) is 43.9 Å². The van der Waals surface area contributed by atoms with Gasteiger partial charge in [-0.3, -0.25) is 9.59 Å². The molecule has 2 aliphatic rings. The number of nitrogens with zero attached hydrogens (tertiary/aromatic N) is 3. The van der Waals surface area contributed by atoms with Gasteiger partial charge in [0.2, 0.25) is 0 Å². The number of azide groups is 1. The number of carbonyl (C=O) groups excluding carboxylic acids is 1. The van der Waals surface area contributed by atoms with E-state index in [4.69, 9.17) is 9.95 Å². The van der Waals surface area contributed by atoms with Crippen LogP contribution in [0.15, 0.2) is 68.9 Å². The molecule has 0 aromatic heterocycles. The largest absolute Gasteiger partial charge is 0.508 e. The van der Waals surface area contributed by atoms with Gasteiger partial charge < -0.3 is 19.9 Å². The number of fused-ring (bicyclic) bond motifs is 2. The molecule has 0 atom stereocenters. The van der Waals surface area contributed by atoms with Crippen LogP contribution in [0.5, 0.6) is 5.75 Å². The van der Waals surface area contributed by atoms with Crippen molar-refractivity contribution in [3.8, 4) is 28.2 Å². The number of phenols is 1. The van der Waals surface area contributed by atoms with Gasteiger partial charge in [0.15, 0.2) is 5.43 Å². The summed E-state index contributed by atoms with van der Waals surface area (Å²) in [5.74, 6) is -1.75. The normalized spacial score (nSPS) is 10.7. The number of phenolic OH excluding ortho intramolecular Hbond substituents is 1. The van der Waals surface area contributed by atoms with E-state index < -0.39 is 11.9 Å². The molecule has 2 aromatic carbocycles. The highest BCUT2D eigenvalue weighted by atomic mass is 16.4. The van der Waals surface area contributed by atoms with Crippen LogP contribution in [0.1, 0.15) is 27.1 Å². The van der Waals surface area contributed by atoms with Gasteiger partial charge in [-0.05, 0) is 47.8 Å². The summed E-state index contributed by atoms with van der Waals surface area (Å²) in [5.41, 5.74) is 9.21. The Morgan fingerprint density at radius 1 is 1.09 bits per heavy atom. The van der Waals surface area contributed by atoms with Gasteiger partial charge in [-0.2, -0.15) is 0 Å². The third-order valence-corrected chi connectivity index (χ3v) is 5.25. The summed E-state index contributed by atoms with van der Waals surface area (Å²) >= 11 is 0. The summed E-state index contributed by atoms with van der Waals surface area (Å²) in [5, 5.41) is 26.5. The molecule has 1 amide bonds. The maximum Gasteiger partial charge on any atom is 0.337 e. The van der Waals surface area contributed by atoms with E-state index >= 15 is 0 Å². The predicted molar refractivity (Wildman–Crippen MR) is 124 cm³/mol. The first-order valence-electron chi connectivity index (χ1n) is 10.3. The number of hydrogen-bond donors (Lipinski definition) is 3. The molecular formula is C24H18N4O6. The lowest BCUT2D eigenvalue weighted by Crippen LogP contribution is -2.27. The van der Waals surface area contributed by atoms with E-state index in [0.29, 0.717) is 22.9 Å². The average molecular weight is 458 g/mol. The number of amides is 1. The number of benzene rings is 3. The van der Waals surface area contributed by atoms with Crippen molar-refractivity contribution in [2.24, 2.45) is 5.11 Å². The fourth-order valence-corrected chi connectivity index (χ4v) is 3.82. The quantitative estimate of drug-likeness (QED) is 0.122. The minimum Gasteiger partial charge on any atom is -0.508 e. The molecule has 4 rings (SSSR count). The summed E-state index contributed by atoms with van der Waals surface area (Å²) in [6.07, 6.45) is 0.397. The lowest BCUT2D eigenvalue weighted by atomic mass is 9.88. The second kappa shape index (κ2) is 9.35. The smallest absolute Gasteiger partial charge is 0.337 e. The molecule has 0 radical (unpaired) electrons. The Labute approximate surface area is 192 Å². The van der Waals surface area contributed by atoms with E-state index in [9.17, 15) is 24.6 Å². The van der Waals surface area contributed by atoms with E-state index in [2.05, 4.69) is 15.3 Å². The zero-order valence-corrected chi connectivity index (χ0v) is 17.7. The Bertz CT molecular complexity index is 1500. The van der Waals surface area contributed by atoms with Crippen molar-refractivity contribution in [3.63, 3.8) is 0 Å². The van der Waals surface area contributed by atoms with Crippen LogP contribution in [-0.4, -0.2) is 35.2 Å². The van der Waals surface area contributed by atoms with E-state index in [1.54, 1.807) is 18.2 Å². The van der Waals surface area contributed by atoms with Gasteiger partial charge in [-0.15, -0.1) is 0 Å². The van der Waals surface area contributed by atoms with Gasteiger partial charge in [-0.25, -0.2) is 4.79 Å². The maximum absolute atomic E-state index is 12.8. The van der Waals surface area contributed by atoms with Crippen molar-refractivity contribution < 1.29 is 24.2 Å². The van der Waals surface area contributed by atoms with Gasteiger partial charge in [0, 0.05) is 46.6 Å².